The number of ether oxygens (including phenoxy) is 2. The van der Waals surface area contributed by atoms with E-state index in [2.05, 4.69) is 52.2 Å². The fraction of sp³-hybridized carbons (Fsp3) is 0.538. The minimum Gasteiger partial charge on any atom is -0.356 e. The van der Waals surface area contributed by atoms with Crippen LogP contribution in [0.5, 0.6) is 0 Å². The van der Waals surface area contributed by atoms with Gasteiger partial charge in [-0.05, 0) is 76.5 Å². The van der Waals surface area contributed by atoms with E-state index in [0.717, 1.165) is 85.9 Å². The maximum absolute atomic E-state index is 5.94. The number of hydrogen-bond donors (Lipinski definition) is 0. The first-order valence-corrected chi connectivity index (χ1v) is 12.1. The standard InChI is InChI=1S/C26H34N4O3/c1-29(2)17-23-21(20-4-3-11-27-16-20)6-7-22-24(28-33-26(22)23)8-5-19-9-12-30(13-10-19)18-25-31-14-15-32-25/h3-4,6-7,11,16,19,25H,5,8-10,12-15,17-18H2,1-2H3. The Hall–Kier alpha value is -2.32. The van der Waals surface area contributed by atoms with E-state index in [0.29, 0.717) is 0 Å². The smallest absolute Gasteiger partial charge is 0.172 e. The molecule has 2 aliphatic heterocycles. The summed E-state index contributed by atoms with van der Waals surface area (Å²) in [5, 5.41) is 5.66. The third-order valence-corrected chi connectivity index (χ3v) is 6.86. The van der Waals surface area contributed by atoms with E-state index in [1.807, 2.05) is 12.3 Å². The van der Waals surface area contributed by atoms with Gasteiger partial charge in [-0.15, -0.1) is 0 Å². The van der Waals surface area contributed by atoms with Gasteiger partial charge in [0.2, 0.25) is 0 Å². The molecule has 2 saturated heterocycles. The van der Waals surface area contributed by atoms with E-state index in [4.69, 9.17) is 14.0 Å². The van der Waals surface area contributed by atoms with Crippen LogP contribution in [0.4, 0.5) is 0 Å². The summed E-state index contributed by atoms with van der Waals surface area (Å²) in [6.45, 7) is 5.39. The van der Waals surface area contributed by atoms with Crippen molar-refractivity contribution in [3.63, 3.8) is 0 Å². The largest absolute Gasteiger partial charge is 0.356 e. The molecule has 3 aromatic rings. The van der Waals surface area contributed by atoms with Crippen molar-refractivity contribution in [1.29, 1.82) is 0 Å². The van der Waals surface area contributed by atoms with Crippen molar-refractivity contribution in [2.45, 2.75) is 38.5 Å². The van der Waals surface area contributed by atoms with Gasteiger partial charge in [0, 0.05) is 42.0 Å². The van der Waals surface area contributed by atoms with Gasteiger partial charge in [0.1, 0.15) is 0 Å². The van der Waals surface area contributed by atoms with Gasteiger partial charge in [-0.2, -0.15) is 0 Å². The molecule has 5 rings (SSSR count). The van der Waals surface area contributed by atoms with Crippen molar-refractivity contribution in [1.82, 2.24) is 19.9 Å². The Kier molecular flexibility index (Phi) is 7.02. The zero-order chi connectivity index (χ0) is 22.6. The molecule has 0 amide bonds. The highest BCUT2D eigenvalue weighted by Gasteiger charge is 2.25. The zero-order valence-electron chi connectivity index (χ0n) is 19.7. The number of benzene rings is 1. The second kappa shape index (κ2) is 10.3. The van der Waals surface area contributed by atoms with Gasteiger partial charge >= 0.3 is 0 Å². The molecule has 7 heteroatoms. The fourth-order valence-electron chi connectivity index (χ4n) is 5.08. The summed E-state index contributed by atoms with van der Waals surface area (Å²) in [5.74, 6) is 0.731. The van der Waals surface area contributed by atoms with E-state index in [1.165, 1.54) is 18.4 Å². The lowest BCUT2D eigenvalue weighted by Gasteiger charge is -2.32. The Balaban J connectivity index is 1.26. The van der Waals surface area contributed by atoms with Crippen molar-refractivity contribution in [3.05, 3.63) is 47.9 Å². The monoisotopic (exact) mass is 450 g/mol. The summed E-state index contributed by atoms with van der Waals surface area (Å²) in [4.78, 5) is 8.95. The number of pyridine rings is 1. The minimum atomic E-state index is -0.0315. The number of hydrogen-bond acceptors (Lipinski definition) is 7. The quantitative estimate of drug-likeness (QED) is 0.515. The van der Waals surface area contributed by atoms with Crippen LogP contribution in [0.25, 0.3) is 22.1 Å². The molecule has 0 saturated carbocycles. The molecule has 33 heavy (non-hydrogen) atoms. The third-order valence-electron chi connectivity index (χ3n) is 6.86. The molecule has 0 N–H and O–H groups in total. The van der Waals surface area contributed by atoms with Crippen LogP contribution in [-0.2, 0) is 22.4 Å². The Morgan fingerprint density at radius 1 is 1.09 bits per heavy atom. The topological polar surface area (TPSA) is 63.9 Å². The molecular formula is C26H34N4O3. The van der Waals surface area contributed by atoms with Crippen molar-refractivity contribution >= 4 is 11.0 Å². The summed E-state index contributed by atoms with van der Waals surface area (Å²) in [6.07, 6.45) is 8.24. The van der Waals surface area contributed by atoms with Gasteiger partial charge in [0.05, 0.1) is 18.9 Å². The number of piperidine rings is 1. The number of aromatic nitrogens is 2. The van der Waals surface area contributed by atoms with Crippen LogP contribution in [0, 0.1) is 5.92 Å². The first-order chi connectivity index (χ1) is 16.2. The van der Waals surface area contributed by atoms with Gasteiger partial charge < -0.3 is 18.9 Å². The second-order valence-electron chi connectivity index (χ2n) is 9.53. The highest BCUT2D eigenvalue weighted by molar-refractivity contribution is 5.89. The molecule has 2 aliphatic rings. The van der Waals surface area contributed by atoms with Crippen molar-refractivity contribution < 1.29 is 14.0 Å². The van der Waals surface area contributed by atoms with Crippen LogP contribution in [-0.4, -0.2) is 73.2 Å². The van der Waals surface area contributed by atoms with Crippen LogP contribution < -0.4 is 0 Å². The van der Waals surface area contributed by atoms with E-state index >= 15 is 0 Å². The predicted octanol–water partition coefficient (Wildman–Crippen LogP) is 3.97. The predicted molar refractivity (Wildman–Crippen MR) is 128 cm³/mol. The lowest BCUT2D eigenvalue weighted by molar-refractivity contribution is -0.0661. The molecule has 2 aromatic heterocycles. The number of fused-ring (bicyclic) bond motifs is 1. The third kappa shape index (κ3) is 5.27. The number of nitrogens with zero attached hydrogens (tertiary/aromatic N) is 4. The number of aryl methyl sites for hydroxylation is 1. The minimum absolute atomic E-state index is 0.0315. The molecule has 4 heterocycles. The van der Waals surface area contributed by atoms with Gasteiger partial charge in [-0.1, -0.05) is 17.3 Å². The van der Waals surface area contributed by atoms with Crippen molar-refractivity contribution in [2.24, 2.45) is 5.92 Å². The summed E-state index contributed by atoms with van der Waals surface area (Å²) >= 11 is 0. The van der Waals surface area contributed by atoms with Crippen LogP contribution in [0.2, 0.25) is 0 Å². The number of rotatable bonds is 8. The van der Waals surface area contributed by atoms with Crippen LogP contribution in [0.1, 0.15) is 30.5 Å². The Bertz CT molecular complexity index is 1040. The molecular weight excluding hydrogens is 416 g/mol. The van der Waals surface area contributed by atoms with Gasteiger partial charge in [0.25, 0.3) is 0 Å². The zero-order valence-corrected chi connectivity index (χ0v) is 19.7. The lowest BCUT2D eigenvalue weighted by Crippen LogP contribution is -2.39. The lowest BCUT2D eigenvalue weighted by atomic mass is 9.90. The molecule has 0 aliphatic carbocycles. The summed E-state index contributed by atoms with van der Waals surface area (Å²) in [7, 11) is 4.17. The average Bonchev–Trinajstić information content (AvgIpc) is 3.49. The highest BCUT2D eigenvalue weighted by Crippen LogP contribution is 2.33. The normalized spacial score (nSPS) is 18.6. The molecule has 176 valence electrons. The molecule has 0 atom stereocenters. The first-order valence-electron chi connectivity index (χ1n) is 12.1. The van der Waals surface area contributed by atoms with E-state index in [-0.39, 0.29) is 6.29 Å². The SMILES string of the molecule is CN(C)Cc1c(-c2cccnc2)ccc2c(CCC3CCN(CC4OCCO4)CC3)noc12. The average molecular weight is 451 g/mol. The maximum Gasteiger partial charge on any atom is 0.172 e. The van der Waals surface area contributed by atoms with Crippen molar-refractivity contribution in [2.75, 3.05) is 46.9 Å². The van der Waals surface area contributed by atoms with E-state index in [1.54, 1.807) is 6.20 Å². The first kappa shape index (κ1) is 22.5. The van der Waals surface area contributed by atoms with Crippen LogP contribution in [0.3, 0.4) is 0 Å². The molecule has 0 radical (unpaired) electrons. The molecule has 0 unspecified atom stereocenters. The Morgan fingerprint density at radius 2 is 1.91 bits per heavy atom. The highest BCUT2D eigenvalue weighted by atomic mass is 16.7. The van der Waals surface area contributed by atoms with E-state index < -0.39 is 0 Å². The summed E-state index contributed by atoms with van der Waals surface area (Å²) in [5.41, 5.74) is 5.43. The Labute approximate surface area is 195 Å². The van der Waals surface area contributed by atoms with Gasteiger partial charge in [-0.3, -0.25) is 9.88 Å². The fourth-order valence-corrected chi connectivity index (χ4v) is 5.08. The Morgan fingerprint density at radius 3 is 2.64 bits per heavy atom. The molecule has 1 aromatic carbocycles. The van der Waals surface area contributed by atoms with E-state index in [9.17, 15) is 0 Å². The van der Waals surface area contributed by atoms with Crippen LogP contribution in [0.15, 0.2) is 41.2 Å². The maximum atomic E-state index is 5.94. The molecule has 0 bridgehead atoms. The molecule has 0 spiro atoms. The number of likely N-dealkylation sites (tertiary alicyclic amines) is 1. The molecule has 7 nitrogen and oxygen atoms in total. The summed E-state index contributed by atoms with van der Waals surface area (Å²) < 4.78 is 17.1. The van der Waals surface area contributed by atoms with Gasteiger partial charge in [0.15, 0.2) is 11.9 Å². The van der Waals surface area contributed by atoms with Gasteiger partial charge in [-0.25, -0.2) is 0 Å². The molecule has 2 fully saturated rings. The summed E-state index contributed by atoms with van der Waals surface area (Å²) in [6, 6.07) is 8.45. The van der Waals surface area contributed by atoms with Crippen LogP contribution >= 0.6 is 0 Å². The second-order valence-corrected chi connectivity index (χ2v) is 9.53. The van der Waals surface area contributed by atoms with Crippen molar-refractivity contribution in [3.8, 4) is 11.1 Å².